The van der Waals surface area contributed by atoms with Gasteiger partial charge < -0.3 is 14.0 Å². The first-order chi connectivity index (χ1) is 36.6. The Labute approximate surface area is 446 Å². The molecule has 76 heavy (non-hydrogen) atoms. The predicted octanol–water partition coefficient (Wildman–Crippen LogP) is 17.3. The van der Waals surface area contributed by atoms with Crippen LogP contribution in [0.25, 0.3) is 99.1 Å². The van der Waals surface area contributed by atoms with Gasteiger partial charge in [-0.15, -0.1) is 0 Å². The minimum Gasteiger partial charge on any atom is -0.311 e. The van der Waals surface area contributed by atoms with Crippen LogP contribution in [-0.4, -0.2) is 15.8 Å². The summed E-state index contributed by atoms with van der Waals surface area (Å²) in [6.07, 6.45) is 0. The largest absolute Gasteiger partial charge is 0.311 e. The molecular weight excluding hydrogens is 918 g/mol. The van der Waals surface area contributed by atoms with E-state index in [9.17, 15) is 0 Å². The van der Waals surface area contributed by atoms with Gasteiger partial charge >= 0.3 is 0 Å². The summed E-state index contributed by atoms with van der Waals surface area (Å²) < 4.78 is 5.32. The molecule has 3 nitrogen and oxygen atoms in total. The monoisotopic (exact) mass is 977 g/mol. The van der Waals surface area contributed by atoms with Gasteiger partial charge in [0.1, 0.15) is 0 Å². The van der Waals surface area contributed by atoms with Gasteiger partial charge in [0.2, 0.25) is 0 Å². The fraction of sp³-hybridized carbons (Fsp3) is 0.194. The van der Waals surface area contributed by atoms with E-state index in [0.29, 0.717) is 5.92 Å². The molecule has 12 aromatic rings. The molecule has 0 spiro atoms. The lowest BCUT2D eigenvalue weighted by Gasteiger charge is -2.42. The van der Waals surface area contributed by atoms with Crippen molar-refractivity contribution in [3.8, 4) is 44.8 Å². The number of benzene rings is 10. The molecule has 0 radical (unpaired) electrons. The second-order valence-corrected chi connectivity index (χ2v) is 25.5. The fourth-order valence-electron chi connectivity index (χ4n) is 14.7. The summed E-state index contributed by atoms with van der Waals surface area (Å²) >= 11 is 0. The van der Waals surface area contributed by atoms with Gasteiger partial charge in [-0.2, -0.15) is 0 Å². The molecule has 2 aliphatic heterocycles. The lowest BCUT2D eigenvalue weighted by atomic mass is 9.32. The number of hydrogen-bond donors (Lipinski definition) is 0. The van der Waals surface area contributed by atoms with E-state index in [0.717, 1.165) is 5.69 Å². The molecule has 0 atom stereocenters. The minimum absolute atomic E-state index is 0.0110. The Balaban J connectivity index is 1.11. The van der Waals surface area contributed by atoms with Crippen molar-refractivity contribution < 1.29 is 0 Å². The molecule has 0 bridgehead atoms. The number of nitrogens with zero attached hydrogens (tertiary/aromatic N) is 3. The van der Waals surface area contributed by atoms with Crippen molar-refractivity contribution in [3.05, 3.63) is 204 Å². The quantitative estimate of drug-likeness (QED) is 0.161. The molecule has 0 amide bonds. The van der Waals surface area contributed by atoms with Gasteiger partial charge in [0.15, 0.2) is 0 Å². The SMILES string of the molecule is CC(C)c1ccc2c(c1)c1cc3c(c4c1n2-c1cc(-n2c5cccc6c5c5c7c(cccc7ccc52)-c2ccccc2-6)cc2c1B4c1cc(C(C)(C)C)ccc1N2c1ccc(C(C)(C)C)cc1)-c1ccccc1C3(C)C. The van der Waals surface area contributed by atoms with Crippen molar-refractivity contribution in [1.29, 1.82) is 0 Å². The van der Waals surface area contributed by atoms with Crippen molar-refractivity contribution in [2.75, 3.05) is 4.90 Å². The predicted molar refractivity (Wildman–Crippen MR) is 325 cm³/mol. The molecule has 4 heterocycles. The van der Waals surface area contributed by atoms with E-state index in [1.807, 2.05) is 0 Å². The average Bonchev–Trinajstić information content (AvgIpc) is 3.85. The van der Waals surface area contributed by atoms with Gasteiger partial charge in [-0.05, 0) is 166 Å². The zero-order valence-electron chi connectivity index (χ0n) is 45.2. The standard InChI is InChI=1S/C72H60BN3/c1-40(2)42-26-32-57-52(35-42)53-39-55-64(51-20-13-14-23-54(51)72(55,9)10)68-69(53)76(57)62-38-46(75-59-24-16-22-50-48-19-12-11-18-47(48)49-21-15-17-41-25-33-60(75)66(63(41)49)65(50)59)37-61-67(62)73(68)56-36-44(71(6,7)8)29-34-58(56)74(61)45-30-27-43(28-31-45)70(3,4)5/h11-40H,1-10H3. The zero-order valence-corrected chi connectivity index (χ0v) is 45.2. The summed E-state index contributed by atoms with van der Waals surface area (Å²) in [7, 11) is 0. The summed E-state index contributed by atoms with van der Waals surface area (Å²) in [6, 6.07) is 69.1. The smallest absolute Gasteiger partial charge is 0.253 e. The first-order valence-corrected chi connectivity index (χ1v) is 27.7. The molecule has 2 aliphatic carbocycles. The second-order valence-electron chi connectivity index (χ2n) is 25.5. The molecular formula is C72H60BN3. The maximum Gasteiger partial charge on any atom is 0.253 e. The zero-order chi connectivity index (χ0) is 51.6. The minimum atomic E-state index is -0.193. The topological polar surface area (TPSA) is 13.1 Å². The van der Waals surface area contributed by atoms with E-state index < -0.39 is 0 Å². The van der Waals surface area contributed by atoms with Crippen LogP contribution >= 0.6 is 0 Å². The van der Waals surface area contributed by atoms with Crippen molar-refractivity contribution in [1.82, 2.24) is 9.13 Å². The van der Waals surface area contributed by atoms with Crippen LogP contribution < -0.4 is 21.3 Å². The number of fused-ring (bicyclic) bond motifs is 14. The fourth-order valence-corrected chi connectivity index (χ4v) is 14.7. The molecule has 10 aromatic carbocycles. The maximum absolute atomic E-state index is 2.71. The molecule has 0 saturated carbocycles. The Kier molecular flexibility index (Phi) is 8.53. The first kappa shape index (κ1) is 44.2. The van der Waals surface area contributed by atoms with Crippen LogP contribution in [0.4, 0.5) is 17.1 Å². The summed E-state index contributed by atoms with van der Waals surface area (Å²) in [5, 5.41) is 7.91. The number of hydrogen-bond acceptors (Lipinski definition) is 1. The second kappa shape index (κ2) is 14.6. The summed E-state index contributed by atoms with van der Waals surface area (Å²) in [5.41, 5.74) is 29.8. The van der Waals surface area contributed by atoms with Crippen LogP contribution in [0.5, 0.6) is 0 Å². The van der Waals surface area contributed by atoms with Crippen LogP contribution in [0.1, 0.15) is 103 Å². The van der Waals surface area contributed by atoms with Crippen LogP contribution in [-0.2, 0) is 16.2 Å². The first-order valence-electron chi connectivity index (χ1n) is 27.7. The number of rotatable bonds is 3. The molecule has 4 heteroatoms. The third-order valence-corrected chi connectivity index (χ3v) is 18.5. The van der Waals surface area contributed by atoms with Gasteiger partial charge in [0, 0.05) is 55.2 Å². The van der Waals surface area contributed by atoms with Crippen molar-refractivity contribution >= 4 is 94.5 Å². The van der Waals surface area contributed by atoms with E-state index in [4.69, 9.17) is 0 Å². The van der Waals surface area contributed by atoms with E-state index in [-0.39, 0.29) is 23.0 Å². The summed E-state index contributed by atoms with van der Waals surface area (Å²) in [6.45, 7) is 23.6. The van der Waals surface area contributed by atoms with Crippen LogP contribution in [0.15, 0.2) is 176 Å². The molecule has 366 valence electrons. The Hall–Kier alpha value is -8.08. The molecule has 2 aromatic heterocycles. The van der Waals surface area contributed by atoms with Crippen LogP contribution in [0.3, 0.4) is 0 Å². The highest BCUT2D eigenvalue weighted by Gasteiger charge is 2.48. The Morgan fingerprint density at radius 3 is 1.83 bits per heavy atom. The molecule has 4 aliphatic rings. The van der Waals surface area contributed by atoms with Gasteiger partial charge in [-0.1, -0.05) is 184 Å². The highest BCUT2D eigenvalue weighted by molar-refractivity contribution is 7.01. The molecule has 16 rings (SSSR count). The third-order valence-electron chi connectivity index (χ3n) is 18.5. The summed E-state index contributed by atoms with van der Waals surface area (Å²) in [4.78, 5) is 2.63. The van der Waals surface area contributed by atoms with Crippen LogP contribution in [0.2, 0.25) is 0 Å². The van der Waals surface area contributed by atoms with Gasteiger partial charge in [0.05, 0.1) is 22.2 Å². The Bertz CT molecular complexity index is 4600. The molecule has 0 fully saturated rings. The van der Waals surface area contributed by atoms with E-state index in [1.54, 1.807) is 0 Å². The van der Waals surface area contributed by atoms with Crippen LogP contribution in [0, 0.1) is 0 Å². The number of anilines is 3. The van der Waals surface area contributed by atoms with Crippen molar-refractivity contribution in [2.24, 2.45) is 0 Å². The van der Waals surface area contributed by atoms with Crippen molar-refractivity contribution in [2.45, 2.75) is 91.4 Å². The van der Waals surface area contributed by atoms with Gasteiger partial charge in [-0.25, -0.2) is 0 Å². The average molecular weight is 978 g/mol. The van der Waals surface area contributed by atoms with E-state index in [1.165, 1.54) is 155 Å². The molecule has 0 unspecified atom stereocenters. The van der Waals surface area contributed by atoms with E-state index >= 15 is 0 Å². The maximum atomic E-state index is 2.71. The lowest BCUT2D eigenvalue weighted by molar-refractivity contribution is 0.590. The normalized spacial score (nSPS) is 14.6. The van der Waals surface area contributed by atoms with E-state index in [2.05, 4.69) is 259 Å². The van der Waals surface area contributed by atoms with Crippen molar-refractivity contribution in [3.63, 3.8) is 0 Å². The molecule has 0 saturated heterocycles. The highest BCUT2D eigenvalue weighted by atomic mass is 15.2. The molecule has 0 N–H and O–H groups in total. The Morgan fingerprint density at radius 2 is 1.09 bits per heavy atom. The van der Waals surface area contributed by atoms with Gasteiger partial charge in [0.25, 0.3) is 6.71 Å². The lowest BCUT2D eigenvalue weighted by Crippen LogP contribution is -2.61. The Morgan fingerprint density at radius 1 is 0.447 bits per heavy atom. The van der Waals surface area contributed by atoms with Gasteiger partial charge in [-0.3, -0.25) is 0 Å². The highest BCUT2D eigenvalue weighted by Crippen LogP contribution is 2.54. The summed E-state index contributed by atoms with van der Waals surface area (Å²) in [5.74, 6) is 0.388. The third kappa shape index (κ3) is 5.59. The number of aromatic nitrogens is 2.